The molecule has 2 heterocycles. The van der Waals surface area contributed by atoms with E-state index in [-0.39, 0.29) is 0 Å². The molecule has 3 nitrogen and oxygen atoms in total. The average Bonchev–Trinajstić information content (AvgIpc) is 2.68. The van der Waals surface area contributed by atoms with Crippen molar-refractivity contribution in [3.63, 3.8) is 0 Å². The number of nitrogens with zero attached hydrogens (tertiary/aromatic N) is 1. The molecule has 1 aromatic carbocycles. The first kappa shape index (κ1) is 12.8. The summed E-state index contributed by atoms with van der Waals surface area (Å²) < 4.78 is 5.82. The van der Waals surface area contributed by atoms with Gasteiger partial charge in [0.2, 0.25) is 0 Å². The van der Waals surface area contributed by atoms with Gasteiger partial charge >= 0.3 is 0 Å². The lowest BCUT2D eigenvalue weighted by Crippen LogP contribution is -2.33. The van der Waals surface area contributed by atoms with Crippen LogP contribution in [0.2, 0.25) is 0 Å². The summed E-state index contributed by atoms with van der Waals surface area (Å²) in [6.45, 7) is 5.53. The molecule has 3 heteroatoms. The van der Waals surface area contributed by atoms with Crippen LogP contribution in [0.5, 0.6) is 5.75 Å². The van der Waals surface area contributed by atoms with E-state index in [0.717, 1.165) is 37.8 Å². The first-order valence-corrected chi connectivity index (χ1v) is 7.61. The Morgan fingerprint density at radius 3 is 3.11 bits per heavy atom. The molecule has 0 spiro atoms. The number of piperidine rings is 1. The monoisotopic (exact) mass is 260 g/mol. The van der Waals surface area contributed by atoms with Gasteiger partial charge in [0.05, 0.1) is 12.3 Å². The van der Waals surface area contributed by atoms with Crippen molar-refractivity contribution in [1.82, 2.24) is 5.32 Å². The Balaban J connectivity index is 1.63. The molecule has 2 aliphatic rings. The molecule has 1 fully saturated rings. The minimum absolute atomic E-state index is 0.846. The van der Waals surface area contributed by atoms with Crippen molar-refractivity contribution in [3.05, 3.63) is 24.3 Å². The first-order chi connectivity index (χ1) is 9.43. The molecule has 3 rings (SSSR count). The number of anilines is 1. The summed E-state index contributed by atoms with van der Waals surface area (Å²) in [5.41, 5.74) is 1.28. The summed E-state index contributed by atoms with van der Waals surface area (Å²) in [7, 11) is 0. The second-order valence-corrected chi connectivity index (χ2v) is 5.66. The lowest BCUT2D eigenvalue weighted by molar-refractivity contribution is 0.322. The van der Waals surface area contributed by atoms with Crippen molar-refractivity contribution in [2.75, 3.05) is 37.7 Å². The SMILES string of the molecule is c1ccc2c(c1)OCCCN2CCC1CCCNC1. The van der Waals surface area contributed by atoms with Crippen molar-refractivity contribution in [1.29, 1.82) is 0 Å². The van der Waals surface area contributed by atoms with Gasteiger partial charge in [-0.3, -0.25) is 0 Å². The molecular formula is C16H24N2O. The summed E-state index contributed by atoms with van der Waals surface area (Å²) in [6.07, 6.45) is 5.14. The molecule has 0 aromatic heterocycles. The highest BCUT2D eigenvalue weighted by molar-refractivity contribution is 5.58. The smallest absolute Gasteiger partial charge is 0.142 e. The molecule has 2 aliphatic heterocycles. The zero-order valence-corrected chi connectivity index (χ0v) is 11.6. The van der Waals surface area contributed by atoms with Crippen LogP contribution in [-0.2, 0) is 0 Å². The molecule has 0 bridgehead atoms. The van der Waals surface area contributed by atoms with E-state index in [9.17, 15) is 0 Å². The summed E-state index contributed by atoms with van der Waals surface area (Å²) in [4.78, 5) is 2.51. The van der Waals surface area contributed by atoms with Gasteiger partial charge in [-0.05, 0) is 56.8 Å². The lowest BCUT2D eigenvalue weighted by Gasteiger charge is -2.28. The van der Waals surface area contributed by atoms with E-state index in [4.69, 9.17) is 4.74 Å². The van der Waals surface area contributed by atoms with E-state index in [1.54, 1.807) is 0 Å². The molecule has 1 saturated heterocycles. The predicted molar refractivity (Wildman–Crippen MR) is 79.0 cm³/mol. The van der Waals surface area contributed by atoms with Gasteiger partial charge in [-0.2, -0.15) is 0 Å². The van der Waals surface area contributed by atoms with Crippen LogP contribution in [0, 0.1) is 5.92 Å². The van der Waals surface area contributed by atoms with E-state index in [2.05, 4.69) is 34.5 Å². The minimum Gasteiger partial charge on any atom is -0.491 e. The third kappa shape index (κ3) is 3.21. The van der Waals surface area contributed by atoms with Crippen molar-refractivity contribution in [3.8, 4) is 5.75 Å². The van der Waals surface area contributed by atoms with E-state index in [0.29, 0.717) is 0 Å². The van der Waals surface area contributed by atoms with E-state index in [1.165, 1.54) is 38.0 Å². The fourth-order valence-corrected chi connectivity index (χ4v) is 3.14. The first-order valence-electron chi connectivity index (χ1n) is 7.61. The molecule has 1 aromatic rings. The number of nitrogens with one attached hydrogen (secondary N) is 1. The molecule has 1 N–H and O–H groups in total. The molecule has 1 atom stereocenters. The molecule has 0 aliphatic carbocycles. The standard InChI is InChI=1S/C16H24N2O/c1-2-7-16-15(6-1)18(10-4-12-19-16)11-8-14-5-3-9-17-13-14/h1-2,6-7,14,17H,3-5,8-13H2. The summed E-state index contributed by atoms with van der Waals surface area (Å²) in [6, 6.07) is 8.46. The fraction of sp³-hybridized carbons (Fsp3) is 0.625. The summed E-state index contributed by atoms with van der Waals surface area (Å²) in [5, 5.41) is 3.51. The van der Waals surface area contributed by atoms with Crippen molar-refractivity contribution in [2.24, 2.45) is 5.92 Å². The zero-order chi connectivity index (χ0) is 12.9. The third-order valence-corrected chi connectivity index (χ3v) is 4.24. The third-order valence-electron chi connectivity index (χ3n) is 4.24. The van der Waals surface area contributed by atoms with Crippen LogP contribution in [-0.4, -0.2) is 32.8 Å². The molecule has 1 unspecified atom stereocenters. The Morgan fingerprint density at radius 1 is 1.26 bits per heavy atom. The molecule has 104 valence electrons. The lowest BCUT2D eigenvalue weighted by atomic mass is 9.96. The average molecular weight is 260 g/mol. The van der Waals surface area contributed by atoms with Gasteiger partial charge in [0.15, 0.2) is 0 Å². The van der Waals surface area contributed by atoms with Crippen molar-refractivity contribution < 1.29 is 4.74 Å². The van der Waals surface area contributed by atoms with Gasteiger partial charge < -0.3 is 15.0 Å². The van der Waals surface area contributed by atoms with Gasteiger partial charge in [0.1, 0.15) is 5.75 Å². The van der Waals surface area contributed by atoms with Gasteiger partial charge in [-0.25, -0.2) is 0 Å². The van der Waals surface area contributed by atoms with E-state index in [1.807, 2.05) is 0 Å². The second-order valence-electron chi connectivity index (χ2n) is 5.66. The minimum atomic E-state index is 0.846. The quantitative estimate of drug-likeness (QED) is 0.904. The molecule has 19 heavy (non-hydrogen) atoms. The molecule has 0 saturated carbocycles. The zero-order valence-electron chi connectivity index (χ0n) is 11.6. The van der Waals surface area contributed by atoms with Gasteiger partial charge in [-0.15, -0.1) is 0 Å². The van der Waals surface area contributed by atoms with Crippen LogP contribution in [0.25, 0.3) is 0 Å². The van der Waals surface area contributed by atoms with Gasteiger partial charge in [0.25, 0.3) is 0 Å². The number of hydrogen-bond acceptors (Lipinski definition) is 3. The second kappa shape index (κ2) is 6.29. The fourth-order valence-electron chi connectivity index (χ4n) is 3.14. The van der Waals surface area contributed by atoms with Crippen LogP contribution < -0.4 is 15.0 Å². The maximum Gasteiger partial charge on any atom is 0.142 e. The Hall–Kier alpha value is -1.22. The Morgan fingerprint density at radius 2 is 2.21 bits per heavy atom. The van der Waals surface area contributed by atoms with Crippen LogP contribution in [0.3, 0.4) is 0 Å². The van der Waals surface area contributed by atoms with Crippen LogP contribution in [0.4, 0.5) is 5.69 Å². The number of para-hydroxylation sites is 2. The molecular weight excluding hydrogens is 236 g/mol. The van der Waals surface area contributed by atoms with Crippen LogP contribution in [0.15, 0.2) is 24.3 Å². The maximum atomic E-state index is 5.82. The van der Waals surface area contributed by atoms with Gasteiger partial charge in [-0.1, -0.05) is 12.1 Å². The number of rotatable bonds is 3. The predicted octanol–water partition coefficient (Wildman–Crippen LogP) is 2.67. The molecule has 0 radical (unpaired) electrons. The number of benzene rings is 1. The maximum absolute atomic E-state index is 5.82. The Kier molecular flexibility index (Phi) is 4.23. The van der Waals surface area contributed by atoms with Crippen LogP contribution >= 0.6 is 0 Å². The van der Waals surface area contributed by atoms with Crippen molar-refractivity contribution >= 4 is 5.69 Å². The van der Waals surface area contributed by atoms with Gasteiger partial charge in [0, 0.05) is 13.1 Å². The number of fused-ring (bicyclic) bond motifs is 1. The highest BCUT2D eigenvalue weighted by Crippen LogP contribution is 2.31. The normalized spacial score (nSPS) is 23.4. The number of hydrogen-bond donors (Lipinski definition) is 1. The van der Waals surface area contributed by atoms with Crippen molar-refractivity contribution in [2.45, 2.75) is 25.7 Å². The molecule has 0 amide bonds. The topological polar surface area (TPSA) is 24.5 Å². The van der Waals surface area contributed by atoms with Crippen LogP contribution in [0.1, 0.15) is 25.7 Å². The van der Waals surface area contributed by atoms with E-state index >= 15 is 0 Å². The summed E-state index contributed by atoms with van der Waals surface area (Å²) in [5.74, 6) is 1.91. The van der Waals surface area contributed by atoms with E-state index < -0.39 is 0 Å². The highest BCUT2D eigenvalue weighted by atomic mass is 16.5. The Labute approximate surface area is 115 Å². The largest absolute Gasteiger partial charge is 0.491 e. The number of ether oxygens (including phenoxy) is 1. The Bertz CT molecular complexity index is 401. The summed E-state index contributed by atoms with van der Waals surface area (Å²) >= 11 is 0. The highest BCUT2D eigenvalue weighted by Gasteiger charge is 2.18.